The number of benzene rings is 1. The van der Waals surface area contributed by atoms with Crippen molar-refractivity contribution in [1.82, 2.24) is 4.98 Å². The number of halogens is 4. The van der Waals surface area contributed by atoms with Crippen molar-refractivity contribution in [2.24, 2.45) is 0 Å². The van der Waals surface area contributed by atoms with Crippen molar-refractivity contribution in [3.63, 3.8) is 0 Å². The number of hydrogen-bond acceptors (Lipinski definition) is 3. The first-order valence-electron chi connectivity index (χ1n) is 5.51. The van der Waals surface area contributed by atoms with Gasteiger partial charge in [0.2, 0.25) is 0 Å². The number of hydrogen-bond donors (Lipinski definition) is 0. The maximum Gasteiger partial charge on any atom is 0.573 e. The van der Waals surface area contributed by atoms with Gasteiger partial charge in [0.1, 0.15) is 18.1 Å². The molecule has 0 unspecified atom stereocenters. The molecule has 0 atom stereocenters. The van der Waals surface area contributed by atoms with Crippen molar-refractivity contribution in [2.45, 2.75) is 13.0 Å². The van der Waals surface area contributed by atoms with Gasteiger partial charge in [0.05, 0.1) is 4.47 Å². The highest BCUT2D eigenvalue weighted by atomic mass is 79.9. The molecule has 0 spiro atoms. The number of ether oxygens (including phenoxy) is 2. The van der Waals surface area contributed by atoms with Gasteiger partial charge in [-0.2, -0.15) is 0 Å². The molecule has 20 heavy (non-hydrogen) atoms. The minimum absolute atomic E-state index is 0.169. The zero-order valence-corrected chi connectivity index (χ0v) is 11.6. The van der Waals surface area contributed by atoms with Gasteiger partial charge >= 0.3 is 6.36 Å². The Balaban J connectivity index is 2.02. The molecular weight excluding hydrogens is 339 g/mol. The molecular formula is C13H9BrF3NO2. The number of nitrogens with zero attached hydrogens (tertiary/aromatic N) is 1. The van der Waals surface area contributed by atoms with E-state index < -0.39 is 6.36 Å². The van der Waals surface area contributed by atoms with Crippen LogP contribution in [-0.2, 0) is 6.61 Å². The Kier molecular flexibility index (Phi) is 4.49. The van der Waals surface area contributed by atoms with Crippen LogP contribution in [0, 0.1) is 0 Å². The highest BCUT2D eigenvalue weighted by Gasteiger charge is 2.31. The minimum Gasteiger partial charge on any atom is -0.489 e. The Morgan fingerprint density at radius 1 is 1.10 bits per heavy atom. The lowest BCUT2D eigenvalue weighted by atomic mass is 10.3. The summed E-state index contributed by atoms with van der Waals surface area (Å²) in [7, 11) is 0. The molecule has 0 aliphatic rings. The molecule has 0 fully saturated rings. The molecule has 2 rings (SSSR count). The third-order valence-corrected chi connectivity index (χ3v) is 2.90. The Bertz CT molecular complexity index is 576. The van der Waals surface area contributed by atoms with E-state index in [1.54, 1.807) is 24.5 Å². The Morgan fingerprint density at radius 3 is 2.40 bits per heavy atom. The van der Waals surface area contributed by atoms with Crippen molar-refractivity contribution in [1.29, 1.82) is 0 Å². The summed E-state index contributed by atoms with van der Waals surface area (Å²) in [5.74, 6) is 0.122. The van der Waals surface area contributed by atoms with Gasteiger partial charge in [-0.3, -0.25) is 4.98 Å². The van der Waals surface area contributed by atoms with Crippen molar-refractivity contribution in [3.05, 3.63) is 52.8 Å². The van der Waals surface area contributed by atoms with Crippen molar-refractivity contribution in [2.75, 3.05) is 0 Å². The highest BCUT2D eigenvalue weighted by molar-refractivity contribution is 9.10. The lowest BCUT2D eigenvalue weighted by Gasteiger charge is -2.12. The number of rotatable bonds is 4. The van der Waals surface area contributed by atoms with Crippen LogP contribution in [0.5, 0.6) is 11.5 Å². The lowest BCUT2D eigenvalue weighted by Crippen LogP contribution is -2.17. The average Bonchev–Trinajstić information content (AvgIpc) is 2.39. The number of pyridine rings is 1. The molecule has 0 aliphatic heterocycles. The largest absolute Gasteiger partial charge is 0.573 e. The van der Waals surface area contributed by atoms with Gasteiger partial charge in [0.15, 0.2) is 0 Å². The molecule has 1 aromatic heterocycles. The SMILES string of the molecule is FC(F)(F)Oc1ccc(OCc2ccncc2)cc1Br. The summed E-state index contributed by atoms with van der Waals surface area (Å²) in [5.41, 5.74) is 0.909. The van der Waals surface area contributed by atoms with Crippen LogP contribution in [0.2, 0.25) is 0 Å². The number of alkyl halides is 3. The first-order valence-corrected chi connectivity index (χ1v) is 6.30. The van der Waals surface area contributed by atoms with Crippen LogP contribution in [0.25, 0.3) is 0 Å². The van der Waals surface area contributed by atoms with E-state index in [9.17, 15) is 13.2 Å². The maximum absolute atomic E-state index is 12.1. The Labute approximate surface area is 121 Å². The summed E-state index contributed by atoms with van der Waals surface area (Å²) in [4.78, 5) is 3.87. The van der Waals surface area contributed by atoms with Crippen LogP contribution >= 0.6 is 15.9 Å². The zero-order chi connectivity index (χ0) is 14.6. The third kappa shape index (κ3) is 4.41. The molecule has 3 nitrogen and oxygen atoms in total. The second kappa shape index (κ2) is 6.13. The Hall–Kier alpha value is -1.76. The molecule has 7 heteroatoms. The van der Waals surface area contributed by atoms with Crippen LogP contribution in [0.4, 0.5) is 13.2 Å². The predicted octanol–water partition coefficient (Wildman–Crippen LogP) is 4.32. The molecule has 106 valence electrons. The van der Waals surface area contributed by atoms with E-state index in [-0.39, 0.29) is 10.2 Å². The van der Waals surface area contributed by atoms with Gasteiger partial charge in [0, 0.05) is 12.4 Å². The summed E-state index contributed by atoms with van der Waals surface area (Å²) in [6.07, 6.45) is -1.45. The molecule has 0 N–H and O–H groups in total. The molecule has 0 radical (unpaired) electrons. The van der Waals surface area contributed by atoms with Crippen LogP contribution in [0.3, 0.4) is 0 Å². The predicted molar refractivity (Wildman–Crippen MR) is 69.4 cm³/mol. The van der Waals surface area contributed by atoms with Gasteiger partial charge in [-0.15, -0.1) is 13.2 Å². The summed E-state index contributed by atoms with van der Waals surface area (Å²) >= 11 is 3.01. The van der Waals surface area contributed by atoms with Crippen LogP contribution in [0.15, 0.2) is 47.2 Å². The summed E-state index contributed by atoms with van der Waals surface area (Å²) < 4.78 is 45.8. The molecule has 1 aromatic carbocycles. The Morgan fingerprint density at radius 2 is 1.80 bits per heavy atom. The highest BCUT2D eigenvalue weighted by Crippen LogP contribution is 2.33. The molecule has 0 aliphatic carbocycles. The molecule has 0 saturated heterocycles. The first-order chi connectivity index (χ1) is 9.44. The smallest absolute Gasteiger partial charge is 0.489 e. The van der Waals surface area contributed by atoms with Crippen molar-refractivity contribution < 1.29 is 22.6 Å². The molecule has 1 heterocycles. The van der Waals surface area contributed by atoms with E-state index in [0.717, 1.165) is 5.56 Å². The van der Waals surface area contributed by atoms with E-state index in [1.165, 1.54) is 18.2 Å². The fourth-order valence-corrected chi connectivity index (χ4v) is 1.86. The van der Waals surface area contributed by atoms with Crippen LogP contribution < -0.4 is 9.47 Å². The molecule has 2 aromatic rings. The van der Waals surface area contributed by atoms with E-state index in [2.05, 4.69) is 25.7 Å². The maximum atomic E-state index is 12.1. The minimum atomic E-state index is -4.72. The molecule has 0 amide bonds. The fourth-order valence-electron chi connectivity index (χ4n) is 1.42. The quantitative estimate of drug-likeness (QED) is 0.825. The lowest BCUT2D eigenvalue weighted by molar-refractivity contribution is -0.274. The summed E-state index contributed by atoms with van der Waals surface area (Å²) in [6, 6.07) is 7.60. The standard InChI is InChI=1S/C13H9BrF3NO2/c14-11-7-10(1-2-12(11)20-13(15,16)17)19-8-9-3-5-18-6-4-9/h1-7H,8H2. The normalized spacial score (nSPS) is 11.2. The van der Waals surface area contributed by atoms with Crippen LogP contribution in [0.1, 0.15) is 5.56 Å². The summed E-state index contributed by atoms with van der Waals surface area (Å²) in [5, 5.41) is 0. The van der Waals surface area contributed by atoms with Gasteiger partial charge in [-0.25, -0.2) is 0 Å². The second-order valence-corrected chi connectivity index (χ2v) is 4.64. The topological polar surface area (TPSA) is 31.4 Å². The molecule has 0 bridgehead atoms. The van der Waals surface area contributed by atoms with Gasteiger partial charge in [0.25, 0.3) is 0 Å². The van der Waals surface area contributed by atoms with Crippen molar-refractivity contribution >= 4 is 15.9 Å². The fraction of sp³-hybridized carbons (Fsp3) is 0.154. The van der Waals surface area contributed by atoms with Gasteiger partial charge < -0.3 is 9.47 Å². The van der Waals surface area contributed by atoms with E-state index in [0.29, 0.717) is 12.4 Å². The van der Waals surface area contributed by atoms with E-state index >= 15 is 0 Å². The average molecular weight is 348 g/mol. The third-order valence-electron chi connectivity index (χ3n) is 2.28. The monoisotopic (exact) mass is 347 g/mol. The van der Waals surface area contributed by atoms with Gasteiger partial charge in [-0.05, 0) is 51.8 Å². The molecule has 0 saturated carbocycles. The second-order valence-electron chi connectivity index (χ2n) is 3.78. The van der Waals surface area contributed by atoms with Gasteiger partial charge in [-0.1, -0.05) is 0 Å². The number of aromatic nitrogens is 1. The van der Waals surface area contributed by atoms with Crippen LogP contribution in [-0.4, -0.2) is 11.3 Å². The van der Waals surface area contributed by atoms with Crippen molar-refractivity contribution in [3.8, 4) is 11.5 Å². The first kappa shape index (κ1) is 14.6. The summed E-state index contributed by atoms with van der Waals surface area (Å²) in [6.45, 7) is 0.300. The van der Waals surface area contributed by atoms with E-state index in [4.69, 9.17) is 4.74 Å². The van der Waals surface area contributed by atoms with E-state index in [1.807, 2.05) is 0 Å². The zero-order valence-electron chi connectivity index (χ0n) is 10.0.